The van der Waals surface area contributed by atoms with Crippen LogP contribution in [-0.4, -0.2) is 4.57 Å². The van der Waals surface area contributed by atoms with E-state index in [2.05, 4.69) is 64.0 Å². The fourth-order valence-electron chi connectivity index (χ4n) is 1.80. The highest BCUT2D eigenvalue weighted by atomic mass is 15.1. The van der Waals surface area contributed by atoms with Crippen molar-refractivity contribution in [3.05, 3.63) is 67.1 Å². The van der Waals surface area contributed by atoms with E-state index in [9.17, 15) is 0 Å². The van der Waals surface area contributed by atoms with Gasteiger partial charge >= 0.3 is 0 Å². The van der Waals surface area contributed by atoms with E-state index in [-0.39, 0.29) is 0 Å². The molecular weight excluding hydrogens is 184 g/mol. The molecule has 0 unspecified atom stereocenters. The van der Waals surface area contributed by atoms with Crippen LogP contribution >= 0.6 is 0 Å². The summed E-state index contributed by atoms with van der Waals surface area (Å²) in [6.45, 7) is 0. The van der Waals surface area contributed by atoms with E-state index in [1.165, 1.54) is 11.3 Å². The Bertz CT molecular complexity index is 582. The molecule has 15 heavy (non-hydrogen) atoms. The van der Waals surface area contributed by atoms with Crippen LogP contribution in [0.3, 0.4) is 0 Å². The fraction of sp³-hybridized carbons (Fsp3) is 0. The molecule has 0 spiro atoms. The van der Waals surface area contributed by atoms with E-state index in [1.54, 1.807) is 0 Å². The molecule has 0 saturated heterocycles. The van der Waals surface area contributed by atoms with Crippen molar-refractivity contribution >= 4 is 5.65 Å². The van der Waals surface area contributed by atoms with Crippen molar-refractivity contribution in [2.24, 2.45) is 0 Å². The number of aromatic nitrogens is 2. The molecule has 2 aromatic heterocycles. The van der Waals surface area contributed by atoms with Crippen molar-refractivity contribution < 1.29 is 4.40 Å². The molecule has 0 atom stereocenters. The van der Waals surface area contributed by atoms with Crippen LogP contribution in [0.25, 0.3) is 11.3 Å². The highest BCUT2D eigenvalue weighted by molar-refractivity contribution is 5.43. The first kappa shape index (κ1) is 8.24. The zero-order chi connectivity index (χ0) is 10.1. The average molecular weight is 195 g/mol. The van der Waals surface area contributed by atoms with Gasteiger partial charge in [-0.1, -0.05) is 24.3 Å². The molecule has 0 aliphatic heterocycles. The minimum absolute atomic E-state index is 1.17. The summed E-state index contributed by atoms with van der Waals surface area (Å²) >= 11 is 0. The van der Waals surface area contributed by atoms with Gasteiger partial charge in [-0.05, 0) is 18.2 Å². The molecular formula is C13H11N2+. The predicted octanol–water partition coefficient (Wildman–Crippen LogP) is 2.22. The van der Waals surface area contributed by atoms with Gasteiger partial charge in [-0.3, -0.25) is 0 Å². The lowest BCUT2D eigenvalue weighted by Crippen LogP contribution is -2.17. The second-order valence-corrected chi connectivity index (χ2v) is 3.47. The van der Waals surface area contributed by atoms with E-state index in [0.29, 0.717) is 0 Å². The molecule has 0 saturated carbocycles. The molecule has 0 bridgehead atoms. The Morgan fingerprint density at radius 3 is 2.47 bits per heavy atom. The normalized spacial score (nSPS) is 10.7. The molecule has 0 N–H and O–H groups in total. The number of hydrogen-bond acceptors (Lipinski definition) is 0. The molecule has 3 rings (SSSR count). The Morgan fingerprint density at radius 1 is 0.800 bits per heavy atom. The number of pyridine rings is 1. The third kappa shape index (κ3) is 1.31. The molecule has 2 nitrogen and oxygen atoms in total. The van der Waals surface area contributed by atoms with Gasteiger partial charge in [0.25, 0.3) is 5.65 Å². The lowest BCUT2D eigenvalue weighted by molar-refractivity contribution is -0.510. The molecule has 72 valence electrons. The van der Waals surface area contributed by atoms with Gasteiger partial charge in [0.05, 0.1) is 6.20 Å². The molecule has 3 aromatic rings. The van der Waals surface area contributed by atoms with E-state index >= 15 is 0 Å². The maximum absolute atomic E-state index is 2.17. The van der Waals surface area contributed by atoms with Crippen LogP contribution in [0.5, 0.6) is 0 Å². The molecule has 2 heterocycles. The van der Waals surface area contributed by atoms with Gasteiger partial charge < -0.3 is 0 Å². The lowest BCUT2D eigenvalue weighted by Gasteiger charge is -1.95. The van der Waals surface area contributed by atoms with Crippen LogP contribution in [-0.2, 0) is 0 Å². The zero-order valence-electron chi connectivity index (χ0n) is 8.25. The minimum atomic E-state index is 1.17. The molecule has 0 aliphatic rings. The van der Waals surface area contributed by atoms with Gasteiger partial charge in [0.1, 0.15) is 18.1 Å². The van der Waals surface area contributed by atoms with E-state index in [4.69, 9.17) is 0 Å². The number of imidazole rings is 1. The number of benzene rings is 1. The van der Waals surface area contributed by atoms with Crippen molar-refractivity contribution in [2.45, 2.75) is 0 Å². The summed E-state index contributed by atoms with van der Waals surface area (Å²) in [4.78, 5) is 0. The van der Waals surface area contributed by atoms with Crippen LogP contribution in [0.1, 0.15) is 0 Å². The molecule has 0 radical (unpaired) electrons. The summed E-state index contributed by atoms with van der Waals surface area (Å²) < 4.78 is 4.27. The molecule has 2 heteroatoms. The van der Waals surface area contributed by atoms with Crippen molar-refractivity contribution in [3.8, 4) is 5.69 Å². The number of rotatable bonds is 1. The van der Waals surface area contributed by atoms with Crippen molar-refractivity contribution in [1.29, 1.82) is 0 Å². The summed E-state index contributed by atoms with van der Waals surface area (Å²) in [6.07, 6.45) is 6.18. The monoisotopic (exact) mass is 195 g/mol. The summed E-state index contributed by atoms with van der Waals surface area (Å²) in [6, 6.07) is 16.5. The Balaban J connectivity index is 2.28. The summed E-state index contributed by atoms with van der Waals surface area (Å²) in [5.74, 6) is 0. The summed E-state index contributed by atoms with van der Waals surface area (Å²) in [5.41, 5.74) is 2.36. The van der Waals surface area contributed by atoms with Gasteiger partial charge in [-0.2, -0.15) is 4.57 Å². The quantitative estimate of drug-likeness (QED) is 0.526. The molecule has 0 fully saturated rings. The zero-order valence-corrected chi connectivity index (χ0v) is 8.25. The van der Waals surface area contributed by atoms with Gasteiger partial charge in [0.15, 0.2) is 0 Å². The Labute approximate surface area is 88.0 Å². The Kier molecular flexibility index (Phi) is 1.78. The van der Waals surface area contributed by atoms with E-state index in [1.807, 2.05) is 12.1 Å². The number of nitrogens with zero attached hydrogens (tertiary/aromatic N) is 2. The fourth-order valence-corrected chi connectivity index (χ4v) is 1.80. The van der Waals surface area contributed by atoms with Crippen molar-refractivity contribution in [2.75, 3.05) is 0 Å². The first-order valence-electron chi connectivity index (χ1n) is 4.98. The largest absolute Gasteiger partial charge is 0.291 e. The SMILES string of the molecule is c1ccc(-n2cc[n+]3ccccc23)cc1. The van der Waals surface area contributed by atoms with Crippen LogP contribution in [0, 0.1) is 0 Å². The van der Waals surface area contributed by atoms with Gasteiger partial charge in [-0.15, -0.1) is 0 Å². The molecule has 1 aromatic carbocycles. The number of fused-ring (bicyclic) bond motifs is 1. The minimum Gasteiger partial charge on any atom is -0.203 e. The van der Waals surface area contributed by atoms with E-state index in [0.717, 1.165) is 0 Å². The lowest BCUT2D eigenvalue weighted by atomic mass is 10.3. The number of hydrogen-bond donors (Lipinski definition) is 0. The van der Waals surface area contributed by atoms with Crippen LogP contribution in [0.2, 0.25) is 0 Å². The molecule has 0 aliphatic carbocycles. The van der Waals surface area contributed by atoms with Gasteiger partial charge in [0.2, 0.25) is 0 Å². The highest BCUT2D eigenvalue weighted by Gasteiger charge is 2.09. The van der Waals surface area contributed by atoms with Crippen molar-refractivity contribution in [3.63, 3.8) is 0 Å². The van der Waals surface area contributed by atoms with E-state index < -0.39 is 0 Å². The predicted molar refractivity (Wildman–Crippen MR) is 58.9 cm³/mol. The van der Waals surface area contributed by atoms with Gasteiger partial charge in [-0.25, -0.2) is 4.40 Å². The number of para-hydroxylation sites is 1. The van der Waals surface area contributed by atoms with Gasteiger partial charge in [0, 0.05) is 6.07 Å². The second kappa shape index (κ2) is 3.24. The first-order valence-corrected chi connectivity index (χ1v) is 4.98. The maximum Gasteiger partial charge on any atom is 0.291 e. The topological polar surface area (TPSA) is 9.03 Å². The Morgan fingerprint density at radius 2 is 1.60 bits per heavy atom. The highest BCUT2D eigenvalue weighted by Crippen LogP contribution is 2.09. The summed E-state index contributed by atoms with van der Waals surface area (Å²) in [7, 11) is 0. The third-order valence-corrected chi connectivity index (χ3v) is 2.53. The van der Waals surface area contributed by atoms with Crippen LogP contribution < -0.4 is 4.40 Å². The maximum atomic E-state index is 2.17. The standard InChI is InChI=1S/C13H11N2/c1-2-6-12(7-3-1)15-11-10-14-9-5-4-8-13(14)15/h1-11H/q+1. The van der Waals surface area contributed by atoms with Crippen molar-refractivity contribution in [1.82, 2.24) is 4.57 Å². The second-order valence-electron chi connectivity index (χ2n) is 3.47. The average Bonchev–Trinajstić information content (AvgIpc) is 2.74. The Hall–Kier alpha value is -2.09. The first-order chi connectivity index (χ1) is 7.45. The third-order valence-electron chi connectivity index (χ3n) is 2.53. The summed E-state index contributed by atoms with van der Waals surface area (Å²) in [5, 5.41) is 0. The van der Waals surface area contributed by atoms with Crippen LogP contribution in [0.4, 0.5) is 0 Å². The smallest absolute Gasteiger partial charge is 0.203 e. The molecule has 0 amide bonds. The van der Waals surface area contributed by atoms with Crippen LogP contribution in [0.15, 0.2) is 67.1 Å².